The first-order valence-corrected chi connectivity index (χ1v) is 4.99. The van der Waals surface area contributed by atoms with Gasteiger partial charge in [0.2, 0.25) is 11.8 Å². The minimum atomic E-state index is -0.849. The molecule has 0 heterocycles. The van der Waals surface area contributed by atoms with Crippen molar-refractivity contribution in [2.24, 2.45) is 5.41 Å². The van der Waals surface area contributed by atoms with E-state index in [1.165, 1.54) is 0 Å². The van der Waals surface area contributed by atoms with Crippen molar-refractivity contribution >= 4 is 11.8 Å². The Morgan fingerprint density at radius 3 is 2.47 bits per heavy atom. The predicted molar refractivity (Wildman–Crippen MR) is 53.6 cm³/mol. The van der Waals surface area contributed by atoms with Crippen molar-refractivity contribution in [2.45, 2.75) is 32.7 Å². The summed E-state index contributed by atoms with van der Waals surface area (Å²) in [5, 5.41) is 13.8. The second-order valence-corrected chi connectivity index (χ2v) is 4.10. The van der Waals surface area contributed by atoms with Crippen molar-refractivity contribution in [3.8, 4) is 6.07 Å². The lowest BCUT2D eigenvalue weighted by Gasteiger charge is -2.10. The minimum absolute atomic E-state index is 0.0551. The van der Waals surface area contributed by atoms with Gasteiger partial charge in [0.25, 0.3) is 0 Å². The van der Waals surface area contributed by atoms with Gasteiger partial charge in [-0.3, -0.25) is 9.59 Å². The van der Waals surface area contributed by atoms with E-state index in [4.69, 9.17) is 5.26 Å². The molecule has 1 aliphatic rings. The Morgan fingerprint density at radius 1 is 1.47 bits per heavy atom. The highest BCUT2D eigenvalue weighted by Gasteiger charge is 2.50. The summed E-state index contributed by atoms with van der Waals surface area (Å²) in [6.45, 7) is 3.63. The number of hydrogen-bond acceptors (Lipinski definition) is 3. The van der Waals surface area contributed by atoms with E-state index in [1.807, 2.05) is 19.9 Å². The monoisotopic (exact) mass is 209 g/mol. The molecule has 0 atom stereocenters. The molecule has 2 amide bonds. The molecule has 82 valence electrons. The van der Waals surface area contributed by atoms with Crippen LogP contribution in [0.15, 0.2) is 0 Å². The zero-order valence-corrected chi connectivity index (χ0v) is 8.96. The molecule has 0 aromatic rings. The molecule has 1 aliphatic carbocycles. The number of hydrogen-bond donors (Lipinski definition) is 2. The highest BCUT2D eigenvalue weighted by atomic mass is 16.2. The van der Waals surface area contributed by atoms with Crippen LogP contribution in [0.25, 0.3) is 0 Å². The van der Waals surface area contributed by atoms with Gasteiger partial charge in [0.1, 0.15) is 5.41 Å². The van der Waals surface area contributed by atoms with Crippen LogP contribution in [0.4, 0.5) is 0 Å². The molecule has 1 saturated carbocycles. The van der Waals surface area contributed by atoms with Gasteiger partial charge in [-0.2, -0.15) is 5.26 Å². The van der Waals surface area contributed by atoms with Gasteiger partial charge in [0.15, 0.2) is 0 Å². The fraction of sp³-hybridized carbons (Fsp3) is 0.700. The average Bonchev–Trinajstić information content (AvgIpc) is 2.93. The van der Waals surface area contributed by atoms with Crippen molar-refractivity contribution in [1.29, 1.82) is 5.26 Å². The Labute approximate surface area is 88.8 Å². The van der Waals surface area contributed by atoms with Crippen LogP contribution in [0, 0.1) is 16.7 Å². The molecule has 1 rings (SSSR count). The maximum atomic E-state index is 11.4. The van der Waals surface area contributed by atoms with Crippen LogP contribution >= 0.6 is 0 Å². The van der Waals surface area contributed by atoms with Crippen LogP contribution in [-0.2, 0) is 9.59 Å². The maximum absolute atomic E-state index is 11.4. The van der Waals surface area contributed by atoms with E-state index in [0.717, 1.165) is 0 Å². The SMILES string of the molecule is CC(C)NC(=O)CNC(=O)C1(C#N)CC1. The predicted octanol–water partition coefficient (Wildman–Crippen LogP) is -0.0690. The van der Waals surface area contributed by atoms with E-state index in [9.17, 15) is 9.59 Å². The first-order chi connectivity index (χ1) is 7.00. The first-order valence-electron chi connectivity index (χ1n) is 4.99. The number of nitrogens with one attached hydrogen (secondary N) is 2. The summed E-state index contributed by atoms with van der Waals surface area (Å²) in [5.74, 6) is -0.559. The molecule has 15 heavy (non-hydrogen) atoms. The topological polar surface area (TPSA) is 82.0 Å². The molecular formula is C10H15N3O2. The third kappa shape index (κ3) is 2.94. The largest absolute Gasteiger partial charge is 0.352 e. The van der Waals surface area contributed by atoms with Crippen LogP contribution in [-0.4, -0.2) is 24.4 Å². The van der Waals surface area contributed by atoms with Gasteiger partial charge < -0.3 is 10.6 Å². The smallest absolute Gasteiger partial charge is 0.240 e. The lowest BCUT2D eigenvalue weighted by molar-refractivity contribution is -0.128. The maximum Gasteiger partial charge on any atom is 0.240 e. The first kappa shape index (κ1) is 11.5. The zero-order chi connectivity index (χ0) is 11.5. The Morgan fingerprint density at radius 2 is 2.07 bits per heavy atom. The van der Waals surface area contributed by atoms with E-state index in [1.54, 1.807) is 0 Å². The minimum Gasteiger partial charge on any atom is -0.352 e. The number of carbonyl (C=O) groups excluding carboxylic acids is 2. The van der Waals surface area contributed by atoms with Crippen LogP contribution in [0.1, 0.15) is 26.7 Å². The molecule has 0 radical (unpaired) electrons. The molecule has 0 saturated heterocycles. The summed E-state index contributed by atoms with van der Waals surface area (Å²) < 4.78 is 0. The number of carbonyl (C=O) groups is 2. The molecule has 5 nitrogen and oxygen atoms in total. The lowest BCUT2D eigenvalue weighted by atomic mass is 10.1. The van der Waals surface area contributed by atoms with Gasteiger partial charge in [-0.1, -0.05) is 0 Å². The number of amides is 2. The summed E-state index contributed by atoms with van der Waals surface area (Å²) in [6.07, 6.45) is 1.20. The highest BCUT2D eigenvalue weighted by molar-refractivity contribution is 5.91. The number of nitriles is 1. The van der Waals surface area contributed by atoms with Crippen molar-refractivity contribution in [2.75, 3.05) is 6.54 Å². The normalized spacial score (nSPS) is 16.7. The summed E-state index contributed by atoms with van der Waals surface area (Å²) >= 11 is 0. The van der Waals surface area contributed by atoms with Gasteiger partial charge >= 0.3 is 0 Å². The molecule has 1 fully saturated rings. The molecule has 0 aromatic carbocycles. The number of nitrogens with zero attached hydrogens (tertiary/aromatic N) is 1. The average molecular weight is 209 g/mol. The van der Waals surface area contributed by atoms with Crippen LogP contribution in [0.3, 0.4) is 0 Å². The third-order valence-corrected chi connectivity index (χ3v) is 2.26. The van der Waals surface area contributed by atoms with Gasteiger partial charge in [0, 0.05) is 6.04 Å². The standard InChI is InChI=1S/C10H15N3O2/c1-7(2)13-8(14)5-12-9(15)10(6-11)3-4-10/h7H,3-5H2,1-2H3,(H,12,15)(H,13,14). The Hall–Kier alpha value is -1.57. The quantitative estimate of drug-likeness (QED) is 0.680. The van der Waals surface area contributed by atoms with E-state index >= 15 is 0 Å². The van der Waals surface area contributed by atoms with Crippen molar-refractivity contribution in [3.63, 3.8) is 0 Å². The Kier molecular flexibility index (Phi) is 3.30. The molecule has 0 spiro atoms. The van der Waals surface area contributed by atoms with Gasteiger partial charge in [-0.05, 0) is 26.7 Å². The lowest BCUT2D eigenvalue weighted by Crippen LogP contribution is -2.42. The molecule has 0 aliphatic heterocycles. The Balaban J connectivity index is 2.29. The van der Waals surface area contributed by atoms with Crippen LogP contribution in [0.5, 0.6) is 0 Å². The number of rotatable bonds is 4. The second kappa shape index (κ2) is 4.30. The third-order valence-electron chi connectivity index (χ3n) is 2.26. The molecule has 0 bridgehead atoms. The molecule has 0 unspecified atom stereocenters. The van der Waals surface area contributed by atoms with E-state index in [-0.39, 0.29) is 24.4 Å². The molecule has 0 aromatic heterocycles. The fourth-order valence-electron chi connectivity index (χ4n) is 1.22. The summed E-state index contributed by atoms with van der Waals surface area (Å²) in [7, 11) is 0. The summed E-state index contributed by atoms with van der Waals surface area (Å²) in [5.41, 5.74) is -0.849. The van der Waals surface area contributed by atoms with Crippen molar-refractivity contribution < 1.29 is 9.59 Å². The summed E-state index contributed by atoms with van der Waals surface area (Å²) in [6, 6.07) is 2.03. The van der Waals surface area contributed by atoms with Crippen molar-refractivity contribution in [1.82, 2.24) is 10.6 Å². The summed E-state index contributed by atoms with van der Waals surface area (Å²) in [4.78, 5) is 22.6. The van der Waals surface area contributed by atoms with Crippen LogP contribution < -0.4 is 10.6 Å². The second-order valence-electron chi connectivity index (χ2n) is 4.10. The van der Waals surface area contributed by atoms with Crippen LogP contribution in [0.2, 0.25) is 0 Å². The zero-order valence-electron chi connectivity index (χ0n) is 8.96. The molecular weight excluding hydrogens is 194 g/mol. The van der Waals surface area contributed by atoms with E-state index in [0.29, 0.717) is 12.8 Å². The van der Waals surface area contributed by atoms with E-state index < -0.39 is 5.41 Å². The van der Waals surface area contributed by atoms with Gasteiger partial charge in [-0.15, -0.1) is 0 Å². The van der Waals surface area contributed by atoms with E-state index in [2.05, 4.69) is 10.6 Å². The fourth-order valence-corrected chi connectivity index (χ4v) is 1.22. The van der Waals surface area contributed by atoms with Gasteiger partial charge in [0.05, 0.1) is 12.6 Å². The van der Waals surface area contributed by atoms with Crippen molar-refractivity contribution in [3.05, 3.63) is 0 Å². The highest BCUT2D eigenvalue weighted by Crippen LogP contribution is 2.44. The molecule has 2 N–H and O–H groups in total. The van der Waals surface area contributed by atoms with Gasteiger partial charge in [-0.25, -0.2) is 0 Å². The molecule has 5 heteroatoms. The Bertz CT molecular complexity index is 313.